The molecule has 0 fully saturated rings. The van der Waals surface area contributed by atoms with E-state index in [2.05, 4.69) is 5.32 Å². The summed E-state index contributed by atoms with van der Waals surface area (Å²) in [6.07, 6.45) is 2.07. The third-order valence-corrected chi connectivity index (χ3v) is 7.29. The molecule has 8 nitrogen and oxygen atoms in total. The number of rotatable bonds is 12. The zero-order valence-corrected chi connectivity index (χ0v) is 23.5. The smallest absolute Gasteiger partial charge is 0.244 e. The van der Waals surface area contributed by atoms with E-state index in [-0.39, 0.29) is 18.1 Å². The molecule has 0 aromatic heterocycles. The van der Waals surface area contributed by atoms with Gasteiger partial charge in [-0.25, -0.2) is 8.42 Å². The van der Waals surface area contributed by atoms with Crippen LogP contribution in [-0.4, -0.2) is 57.6 Å². The molecule has 0 aliphatic rings. The molecule has 0 spiro atoms. The molecular formula is C25H33Cl2N3O5S. The van der Waals surface area contributed by atoms with Crippen molar-refractivity contribution in [1.29, 1.82) is 0 Å². The van der Waals surface area contributed by atoms with Crippen LogP contribution in [0.25, 0.3) is 0 Å². The van der Waals surface area contributed by atoms with Gasteiger partial charge in [0.2, 0.25) is 21.8 Å². The number of hydrogen-bond acceptors (Lipinski definition) is 5. The zero-order valence-electron chi connectivity index (χ0n) is 21.2. The van der Waals surface area contributed by atoms with Crippen molar-refractivity contribution >= 4 is 50.7 Å². The third kappa shape index (κ3) is 7.75. The highest BCUT2D eigenvalue weighted by Gasteiger charge is 2.32. The van der Waals surface area contributed by atoms with Gasteiger partial charge in [0, 0.05) is 23.1 Å². The minimum atomic E-state index is -3.89. The lowest BCUT2D eigenvalue weighted by Crippen LogP contribution is -2.52. The van der Waals surface area contributed by atoms with E-state index in [1.165, 1.54) is 12.0 Å². The number of sulfonamides is 1. The van der Waals surface area contributed by atoms with Crippen LogP contribution in [0.2, 0.25) is 10.0 Å². The number of benzene rings is 2. The Bertz CT molecular complexity index is 1190. The molecule has 2 rings (SSSR count). The summed E-state index contributed by atoms with van der Waals surface area (Å²) in [5.41, 5.74) is 1.61. The molecule has 2 aromatic carbocycles. The highest BCUT2D eigenvalue weighted by atomic mass is 35.5. The average Bonchev–Trinajstić information content (AvgIpc) is 2.81. The van der Waals surface area contributed by atoms with E-state index in [9.17, 15) is 18.0 Å². The van der Waals surface area contributed by atoms with E-state index in [0.29, 0.717) is 34.3 Å². The summed E-state index contributed by atoms with van der Waals surface area (Å²) in [6, 6.07) is 9.11. The number of ether oxygens (including phenoxy) is 1. The molecule has 1 N–H and O–H groups in total. The minimum absolute atomic E-state index is 0.00452. The Balaban J connectivity index is 2.53. The first-order valence-corrected chi connectivity index (χ1v) is 14.2. The topological polar surface area (TPSA) is 96.0 Å². The number of carbonyl (C=O) groups excluding carboxylic acids is 2. The monoisotopic (exact) mass is 557 g/mol. The van der Waals surface area contributed by atoms with Crippen LogP contribution >= 0.6 is 23.2 Å². The fourth-order valence-corrected chi connectivity index (χ4v) is 5.02. The summed E-state index contributed by atoms with van der Waals surface area (Å²) in [4.78, 5) is 28.1. The van der Waals surface area contributed by atoms with Crippen LogP contribution in [0.15, 0.2) is 36.4 Å². The van der Waals surface area contributed by atoms with Gasteiger partial charge in [0.1, 0.15) is 18.3 Å². The summed E-state index contributed by atoms with van der Waals surface area (Å²) in [5, 5.41) is 3.60. The number of halogens is 2. The number of anilines is 1. The first-order chi connectivity index (χ1) is 16.9. The highest BCUT2D eigenvalue weighted by molar-refractivity contribution is 7.92. The van der Waals surface area contributed by atoms with Crippen LogP contribution in [0.5, 0.6) is 5.75 Å². The number of hydrogen-bond donors (Lipinski definition) is 1. The fraction of sp³-hybridized carbons (Fsp3) is 0.440. The quantitative estimate of drug-likeness (QED) is 0.417. The molecule has 1 atom stereocenters. The van der Waals surface area contributed by atoms with Crippen molar-refractivity contribution in [1.82, 2.24) is 10.2 Å². The third-order valence-electron chi connectivity index (χ3n) is 5.57. The Labute approximate surface area is 223 Å². The molecule has 0 aliphatic heterocycles. The van der Waals surface area contributed by atoms with Crippen molar-refractivity contribution in [2.75, 3.05) is 30.8 Å². The Morgan fingerprint density at radius 1 is 1.11 bits per heavy atom. The molecule has 198 valence electrons. The molecule has 0 radical (unpaired) electrons. The molecule has 2 aromatic rings. The van der Waals surface area contributed by atoms with E-state index in [0.717, 1.165) is 22.5 Å². The van der Waals surface area contributed by atoms with Crippen molar-refractivity contribution in [3.63, 3.8) is 0 Å². The first-order valence-electron chi connectivity index (χ1n) is 11.6. The zero-order chi connectivity index (χ0) is 27.0. The largest absolute Gasteiger partial charge is 0.495 e. The van der Waals surface area contributed by atoms with Crippen LogP contribution in [-0.2, 0) is 26.2 Å². The predicted molar refractivity (Wildman–Crippen MR) is 144 cm³/mol. The van der Waals surface area contributed by atoms with Crippen LogP contribution in [0, 0.1) is 6.92 Å². The summed E-state index contributed by atoms with van der Waals surface area (Å²) >= 11 is 12.4. The Morgan fingerprint density at radius 3 is 2.36 bits per heavy atom. The van der Waals surface area contributed by atoms with Crippen molar-refractivity contribution in [3.05, 3.63) is 57.6 Å². The maximum absolute atomic E-state index is 13.7. The van der Waals surface area contributed by atoms with Crippen molar-refractivity contribution in [2.24, 2.45) is 0 Å². The maximum Gasteiger partial charge on any atom is 0.244 e. The molecule has 36 heavy (non-hydrogen) atoms. The van der Waals surface area contributed by atoms with Gasteiger partial charge >= 0.3 is 0 Å². The van der Waals surface area contributed by atoms with Gasteiger partial charge in [-0.15, -0.1) is 0 Å². The van der Waals surface area contributed by atoms with E-state index < -0.39 is 28.5 Å². The lowest BCUT2D eigenvalue weighted by Gasteiger charge is -2.33. The average molecular weight is 559 g/mol. The van der Waals surface area contributed by atoms with Gasteiger partial charge in [0.25, 0.3) is 0 Å². The highest BCUT2D eigenvalue weighted by Crippen LogP contribution is 2.31. The molecule has 0 unspecified atom stereocenters. The summed E-state index contributed by atoms with van der Waals surface area (Å²) in [6.45, 7) is 5.45. The maximum atomic E-state index is 13.7. The van der Waals surface area contributed by atoms with Gasteiger partial charge in [-0.3, -0.25) is 13.9 Å². The van der Waals surface area contributed by atoms with Crippen molar-refractivity contribution < 1.29 is 22.7 Å². The number of aryl methyl sites for hydroxylation is 1. The molecular weight excluding hydrogens is 525 g/mol. The summed E-state index contributed by atoms with van der Waals surface area (Å²) < 4.78 is 32.0. The Hall–Kier alpha value is -2.49. The summed E-state index contributed by atoms with van der Waals surface area (Å²) in [5.74, 6) is -0.579. The Morgan fingerprint density at radius 2 is 1.81 bits per heavy atom. The van der Waals surface area contributed by atoms with Gasteiger partial charge in [0.15, 0.2) is 0 Å². The van der Waals surface area contributed by atoms with E-state index in [1.54, 1.807) is 43.3 Å². The van der Waals surface area contributed by atoms with Gasteiger partial charge in [-0.05, 0) is 55.2 Å². The van der Waals surface area contributed by atoms with E-state index >= 15 is 0 Å². The molecule has 0 saturated carbocycles. The van der Waals surface area contributed by atoms with Gasteiger partial charge in [-0.2, -0.15) is 0 Å². The number of nitrogens with one attached hydrogen (secondary N) is 1. The molecule has 11 heteroatoms. The molecule has 0 aliphatic carbocycles. The van der Waals surface area contributed by atoms with Crippen LogP contribution in [0.4, 0.5) is 5.69 Å². The SMILES string of the molecule is CCCNC(=O)[C@H](CC)N(Cc1ccc(Cl)cc1Cl)C(=O)CN(c1cc(C)ccc1OC)S(C)(=O)=O. The van der Waals surface area contributed by atoms with Crippen LogP contribution in [0.1, 0.15) is 37.8 Å². The second-order valence-electron chi connectivity index (χ2n) is 8.42. The lowest BCUT2D eigenvalue weighted by atomic mass is 10.1. The fourth-order valence-electron chi connectivity index (χ4n) is 3.71. The van der Waals surface area contributed by atoms with E-state index in [1.807, 2.05) is 13.8 Å². The van der Waals surface area contributed by atoms with E-state index in [4.69, 9.17) is 27.9 Å². The van der Waals surface area contributed by atoms with Gasteiger partial charge in [-0.1, -0.05) is 49.2 Å². The molecule has 0 bridgehead atoms. The number of nitrogens with zero attached hydrogens (tertiary/aromatic N) is 2. The minimum Gasteiger partial charge on any atom is -0.495 e. The molecule has 0 saturated heterocycles. The second-order valence-corrected chi connectivity index (χ2v) is 11.2. The van der Waals surface area contributed by atoms with Gasteiger partial charge < -0.3 is 15.0 Å². The number of carbonyl (C=O) groups is 2. The molecule has 0 heterocycles. The van der Waals surface area contributed by atoms with Crippen molar-refractivity contribution in [3.8, 4) is 5.75 Å². The predicted octanol–water partition coefficient (Wildman–Crippen LogP) is 4.41. The lowest BCUT2D eigenvalue weighted by molar-refractivity contribution is -0.140. The summed E-state index contributed by atoms with van der Waals surface area (Å²) in [7, 11) is -2.46. The number of methoxy groups -OCH3 is 1. The normalized spacial score (nSPS) is 12.1. The Kier molecular flexibility index (Phi) is 10.9. The number of amides is 2. The van der Waals surface area contributed by atoms with Crippen LogP contribution in [0.3, 0.4) is 0 Å². The standard InChI is InChI=1S/C25H33Cl2N3O5S/c1-6-12-28-25(32)21(7-2)29(15-18-9-10-19(26)14-20(18)27)24(31)16-30(36(5,33)34)22-13-17(3)8-11-23(22)35-4/h8-11,13-14,21H,6-7,12,15-16H2,1-5H3,(H,28,32)/t21-/m0/s1. The van der Waals surface area contributed by atoms with Gasteiger partial charge in [0.05, 0.1) is 19.1 Å². The van der Waals surface area contributed by atoms with Crippen molar-refractivity contribution in [2.45, 2.75) is 46.2 Å². The van der Waals surface area contributed by atoms with Crippen LogP contribution < -0.4 is 14.4 Å². The molecule has 2 amide bonds. The second kappa shape index (κ2) is 13.2. The first kappa shape index (κ1) is 29.7.